The van der Waals surface area contributed by atoms with Crippen LogP contribution in [0.5, 0.6) is 0 Å². The molecule has 148 valence electrons. The average molecular weight is 426 g/mol. The van der Waals surface area contributed by atoms with Gasteiger partial charge in [0.15, 0.2) is 4.34 Å². The first kappa shape index (κ1) is 19.5. The van der Waals surface area contributed by atoms with Crippen molar-refractivity contribution >= 4 is 45.7 Å². The van der Waals surface area contributed by atoms with Crippen LogP contribution in [0.25, 0.3) is 0 Å². The van der Waals surface area contributed by atoms with Gasteiger partial charge < -0.3 is 10.2 Å². The van der Waals surface area contributed by atoms with Gasteiger partial charge in [0.05, 0.1) is 11.6 Å². The smallest absolute Gasteiger partial charge is 0.231 e. The van der Waals surface area contributed by atoms with Gasteiger partial charge >= 0.3 is 0 Å². The van der Waals surface area contributed by atoms with Gasteiger partial charge in [-0.1, -0.05) is 41.3 Å². The quantitative estimate of drug-likeness (QED) is 0.480. The van der Waals surface area contributed by atoms with Crippen LogP contribution in [0.2, 0.25) is 0 Å². The monoisotopic (exact) mass is 425 g/mol. The minimum absolute atomic E-state index is 0.0420. The van der Waals surface area contributed by atoms with Crippen LogP contribution < -0.4 is 10.2 Å². The first-order chi connectivity index (χ1) is 14.1. The number of nitrogens with one attached hydrogen (secondary N) is 1. The normalized spacial score (nSPS) is 16.2. The molecule has 1 aliphatic rings. The third-order valence-electron chi connectivity index (χ3n) is 4.52. The van der Waals surface area contributed by atoms with Crippen LogP contribution in [0.15, 0.2) is 53.0 Å². The number of aryl methyl sites for hydroxylation is 1. The van der Waals surface area contributed by atoms with Crippen LogP contribution in [0.4, 0.5) is 10.8 Å². The van der Waals surface area contributed by atoms with Crippen molar-refractivity contribution in [2.75, 3.05) is 16.8 Å². The Morgan fingerprint density at radius 3 is 2.97 bits per heavy atom. The number of thioether (sulfide) groups is 1. The molecule has 1 aliphatic heterocycles. The fraction of sp³-hybridized carbons (Fsp3) is 0.250. The summed E-state index contributed by atoms with van der Waals surface area (Å²) in [6.07, 6.45) is 1.95. The number of hydrogen-bond acceptors (Lipinski definition) is 7. The van der Waals surface area contributed by atoms with Crippen molar-refractivity contribution in [3.8, 4) is 0 Å². The second-order valence-corrected chi connectivity index (χ2v) is 8.92. The summed E-state index contributed by atoms with van der Waals surface area (Å²) in [6, 6.07) is 13.5. The van der Waals surface area contributed by atoms with Crippen LogP contribution in [-0.2, 0) is 15.3 Å². The number of carbonyl (C=O) groups excluding carboxylic acids is 2. The van der Waals surface area contributed by atoms with Gasteiger partial charge in [-0.05, 0) is 36.8 Å². The third-order valence-corrected chi connectivity index (χ3v) is 6.52. The maximum atomic E-state index is 12.6. The zero-order valence-corrected chi connectivity index (χ0v) is 17.4. The van der Waals surface area contributed by atoms with E-state index in [1.165, 1.54) is 23.1 Å². The van der Waals surface area contributed by atoms with E-state index in [-0.39, 0.29) is 18.2 Å². The summed E-state index contributed by atoms with van der Waals surface area (Å²) in [7, 11) is 0. The van der Waals surface area contributed by atoms with E-state index in [4.69, 9.17) is 0 Å². The van der Waals surface area contributed by atoms with Crippen molar-refractivity contribution in [2.45, 2.75) is 23.4 Å². The summed E-state index contributed by atoms with van der Waals surface area (Å²) in [6.45, 7) is 2.35. The van der Waals surface area contributed by atoms with Crippen molar-refractivity contribution in [3.63, 3.8) is 0 Å². The number of rotatable bonds is 6. The highest BCUT2D eigenvalue weighted by atomic mass is 32.2. The van der Waals surface area contributed by atoms with Crippen LogP contribution in [0.1, 0.15) is 17.7 Å². The number of anilines is 2. The van der Waals surface area contributed by atoms with E-state index < -0.39 is 5.92 Å². The van der Waals surface area contributed by atoms with E-state index in [0.29, 0.717) is 17.4 Å². The molecule has 0 aliphatic carbocycles. The molecule has 1 saturated heterocycles. The topological polar surface area (TPSA) is 88.1 Å². The fourth-order valence-corrected chi connectivity index (χ4v) is 4.74. The Hall–Kier alpha value is -2.78. The summed E-state index contributed by atoms with van der Waals surface area (Å²) in [4.78, 5) is 31.0. The van der Waals surface area contributed by atoms with Gasteiger partial charge in [0.2, 0.25) is 16.9 Å². The second kappa shape index (κ2) is 8.71. The first-order valence-electron chi connectivity index (χ1n) is 9.12. The van der Waals surface area contributed by atoms with Crippen molar-refractivity contribution in [3.05, 3.63) is 59.9 Å². The number of benzene rings is 1. The largest absolute Gasteiger partial charge is 0.312 e. The molecular formula is C20H19N5O2S2. The molecule has 3 heterocycles. The lowest BCUT2D eigenvalue weighted by Gasteiger charge is -2.17. The zero-order chi connectivity index (χ0) is 20.2. The van der Waals surface area contributed by atoms with Crippen molar-refractivity contribution in [2.24, 2.45) is 5.92 Å². The summed E-state index contributed by atoms with van der Waals surface area (Å²) < 4.78 is 0.759. The molecule has 0 bridgehead atoms. The van der Waals surface area contributed by atoms with Crippen molar-refractivity contribution < 1.29 is 9.59 Å². The first-order valence-corrected chi connectivity index (χ1v) is 10.9. The van der Waals surface area contributed by atoms with E-state index in [9.17, 15) is 9.59 Å². The Labute approximate surface area is 176 Å². The third kappa shape index (κ3) is 4.80. The van der Waals surface area contributed by atoms with Gasteiger partial charge in [0.1, 0.15) is 0 Å². The molecule has 0 radical (unpaired) electrons. The number of nitrogens with zero attached hydrogens (tertiary/aromatic N) is 4. The second-order valence-electron chi connectivity index (χ2n) is 6.72. The molecule has 0 spiro atoms. The van der Waals surface area contributed by atoms with Gasteiger partial charge in [-0.25, -0.2) is 0 Å². The summed E-state index contributed by atoms with van der Waals surface area (Å²) >= 11 is 2.84. The molecule has 1 N–H and O–H groups in total. The number of hydrogen-bond donors (Lipinski definition) is 1. The van der Waals surface area contributed by atoms with Crippen LogP contribution in [-0.4, -0.2) is 33.5 Å². The van der Waals surface area contributed by atoms with E-state index in [2.05, 4.69) is 20.5 Å². The van der Waals surface area contributed by atoms with E-state index in [0.717, 1.165) is 21.3 Å². The minimum Gasteiger partial charge on any atom is -0.312 e. The van der Waals surface area contributed by atoms with E-state index in [1.807, 2.05) is 49.4 Å². The lowest BCUT2D eigenvalue weighted by molar-refractivity contribution is -0.122. The van der Waals surface area contributed by atoms with Crippen LogP contribution >= 0.6 is 23.1 Å². The van der Waals surface area contributed by atoms with Gasteiger partial charge in [-0.2, -0.15) is 0 Å². The molecule has 1 fully saturated rings. The van der Waals surface area contributed by atoms with Crippen molar-refractivity contribution in [1.82, 2.24) is 15.2 Å². The average Bonchev–Trinajstić information content (AvgIpc) is 3.33. The Morgan fingerprint density at radius 1 is 1.28 bits per heavy atom. The molecule has 1 aromatic carbocycles. The predicted octanol–water partition coefficient (Wildman–Crippen LogP) is 3.53. The van der Waals surface area contributed by atoms with E-state index >= 15 is 0 Å². The molecule has 7 nitrogen and oxygen atoms in total. The summed E-state index contributed by atoms with van der Waals surface area (Å²) in [5.74, 6) is 0.0357. The lowest BCUT2D eigenvalue weighted by Crippen LogP contribution is -2.28. The SMILES string of the molecule is Cc1cccc(N2C[C@@H](C(=O)Nc3nnc(SCc4ccccn4)s3)CC2=O)c1. The Kier molecular flexibility index (Phi) is 5.86. The minimum atomic E-state index is -0.406. The Bertz CT molecular complexity index is 1020. The summed E-state index contributed by atoms with van der Waals surface area (Å²) in [5, 5.41) is 11.4. The highest BCUT2D eigenvalue weighted by Gasteiger charge is 2.35. The molecule has 4 rings (SSSR count). The highest BCUT2D eigenvalue weighted by molar-refractivity contribution is 8.00. The Balaban J connectivity index is 1.34. The molecule has 1 atom stereocenters. The van der Waals surface area contributed by atoms with Crippen LogP contribution in [0.3, 0.4) is 0 Å². The number of amides is 2. The lowest BCUT2D eigenvalue weighted by atomic mass is 10.1. The van der Waals surface area contributed by atoms with E-state index in [1.54, 1.807) is 11.1 Å². The molecule has 29 heavy (non-hydrogen) atoms. The van der Waals surface area contributed by atoms with Gasteiger partial charge in [-0.15, -0.1) is 10.2 Å². The number of pyridine rings is 1. The molecule has 3 aromatic rings. The van der Waals surface area contributed by atoms with Gasteiger partial charge in [0.25, 0.3) is 0 Å². The number of aromatic nitrogens is 3. The van der Waals surface area contributed by atoms with Gasteiger partial charge in [-0.3, -0.25) is 14.6 Å². The molecular weight excluding hydrogens is 406 g/mol. The zero-order valence-electron chi connectivity index (χ0n) is 15.7. The molecule has 2 aromatic heterocycles. The predicted molar refractivity (Wildman–Crippen MR) is 114 cm³/mol. The van der Waals surface area contributed by atoms with Gasteiger partial charge in [0, 0.05) is 30.6 Å². The maximum absolute atomic E-state index is 12.6. The van der Waals surface area contributed by atoms with Crippen LogP contribution in [0, 0.1) is 12.8 Å². The Morgan fingerprint density at radius 2 is 2.17 bits per heavy atom. The molecule has 2 amide bonds. The maximum Gasteiger partial charge on any atom is 0.231 e. The number of carbonyl (C=O) groups is 2. The van der Waals surface area contributed by atoms with Crippen molar-refractivity contribution in [1.29, 1.82) is 0 Å². The molecule has 0 unspecified atom stereocenters. The summed E-state index contributed by atoms with van der Waals surface area (Å²) in [5.41, 5.74) is 2.86. The highest BCUT2D eigenvalue weighted by Crippen LogP contribution is 2.30. The standard InChI is InChI=1S/C20H19N5O2S2/c1-13-5-4-7-16(9-13)25-11-14(10-17(25)26)18(27)22-19-23-24-20(29-19)28-12-15-6-2-3-8-21-15/h2-9,14H,10-12H2,1H3,(H,22,23,27)/t14-/m0/s1. The molecule has 0 saturated carbocycles. The molecule has 9 heteroatoms. The fourth-order valence-electron chi connectivity index (χ4n) is 3.07.